The predicted molar refractivity (Wildman–Crippen MR) is 104 cm³/mol. The van der Waals surface area contributed by atoms with Gasteiger partial charge in [0.25, 0.3) is 0 Å². The third-order valence-electron chi connectivity index (χ3n) is 4.96. The molecule has 0 heterocycles. The van der Waals surface area contributed by atoms with Crippen molar-refractivity contribution in [3.63, 3.8) is 0 Å². The first-order chi connectivity index (χ1) is 12.6. The van der Waals surface area contributed by atoms with Crippen LogP contribution in [0.1, 0.15) is 78.7 Å². The molecule has 0 aromatic heterocycles. The van der Waals surface area contributed by atoms with Crippen LogP contribution in [0.25, 0.3) is 11.1 Å². The quantitative estimate of drug-likeness (QED) is 0.360. The van der Waals surface area contributed by atoms with Crippen molar-refractivity contribution in [2.24, 2.45) is 0 Å². The van der Waals surface area contributed by atoms with Gasteiger partial charge in [-0.2, -0.15) is 0 Å². The maximum absolute atomic E-state index is 12.7. The lowest BCUT2D eigenvalue weighted by Crippen LogP contribution is -2.00. The maximum atomic E-state index is 12.7. The lowest BCUT2D eigenvalue weighted by Gasteiger charge is -2.08. The zero-order valence-electron chi connectivity index (χ0n) is 15.6. The SMILES string of the molecule is CCCCCCCCOc1ccc2c(c1)C(=O)c1cc(C(C)=O)ccc1-2. The zero-order valence-corrected chi connectivity index (χ0v) is 15.6. The summed E-state index contributed by atoms with van der Waals surface area (Å²) >= 11 is 0. The highest BCUT2D eigenvalue weighted by molar-refractivity contribution is 6.22. The van der Waals surface area contributed by atoms with Crippen LogP contribution in [0.3, 0.4) is 0 Å². The standard InChI is InChI=1S/C23H26O3/c1-3-4-5-6-7-8-13-26-18-10-12-20-19-11-9-17(16(2)24)14-21(19)23(25)22(20)15-18/h9-12,14-15H,3-8,13H2,1-2H3. The number of hydrogen-bond acceptors (Lipinski definition) is 3. The van der Waals surface area contributed by atoms with E-state index in [1.54, 1.807) is 12.1 Å². The molecule has 0 atom stereocenters. The Hall–Kier alpha value is -2.42. The Labute approximate surface area is 155 Å². The number of rotatable bonds is 9. The lowest BCUT2D eigenvalue weighted by molar-refractivity contribution is 0.101. The number of ketones is 2. The molecule has 0 fully saturated rings. The van der Waals surface area contributed by atoms with E-state index in [-0.39, 0.29) is 11.6 Å². The number of unbranched alkanes of at least 4 members (excludes halogenated alkanes) is 5. The van der Waals surface area contributed by atoms with Crippen molar-refractivity contribution in [1.82, 2.24) is 0 Å². The smallest absolute Gasteiger partial charge is 0.194 e. The highest BCUT2D eigenvalue weighted by atomic mass is 16.5. The molecule has 1 aliphatic rings. The van der Waals surface area contributed by atoms with Gasteiger partial charge in [-0.05, 0) is 48.7 Å². The van der Waals surface area contributed by atoms with E-state index < -0.39 is 0 Å². The van der Waals surface area contributed by atoms with E-state index in [1.807, 2.05) is 24.3 Å². The van der Waals surface area contributed by atoms with Crippen LogP contribution in [0.4, 0.5) is 0 Å². The predicted octanol–water partition coefficient (Wildman–Crippen LogP) is 5.84. The molecule has 2 aromatic rings. The monoisotopic (exact) mass is 350 g/mol. The molecule has 0 saturated heterocycles. The largest absolute Gasteiger partial charge is 0.494 e. The van der Waals surface area contributed by atoms with Crippen LogP contribution in [0.2, 0.25) is 0 Å². The summed E-state index contributed by atoms with van der Waals surface area (Å²) in [5.41, 5.74) is 3.68. The van der Waals surface area contributed by atoms with Crippen LogP contribution in [0.15, 0.2) is 36.4 Å². The molecule has 0 amide bonds. The second-order valence-corrected chi connectivity index (χ2v) is 6.97. The summed E-state index contributed by atoms with van der Waals surface area (Å²) in [7, 11) is 0. The van der Waals surface area contributed by atoms with Crippen molar-refractivity contribution < 1.29 is 14.3 Å². The fourth-order valence-electron chi connectivity index (χ4n) is 3.44. The van der Waals surface area contributed by atoms with Gasteiger partial charge < -0.3 is 4.74 Å². The van der Waals surface area contributed by atoms with Crippen LogP contribution in [0, 0.1) is 0 Å². The van der Waals surface area contributed by atoms with Crippen molar-refractivity contribution in [3.8, 4) is 16.9 Å². The number of fused-ring (bicyclic) bond motifs is 3. The molecule has 0 radical (unpaired) electrons. The van der Waals surface area contributed by atoms with Crippen molar-refractivity contribution in [2.75, 3.05) is 6.61 Å². The van der Waals surface area contributed by atoms with Gasteiger partial charge in [-0.25, -0.2) is 0 Å². The summed E-state index contributed by atoms with van der Waals surface area (Å²) < 4.78 is 5.84. The van der Waals surface area contributed by atoms with Gasteiger partial charge in [-0.1, -0.05) is 51.2 Å². The minimum atomic E-state index is -0.0282. The van der Waals surface area contributed by atoms with Crippen LogP contribution in [0.5, 0.6) is 5.75 Å². The van der Waals surface area contributed by atoms with Crippen LogP contribution in [-0.2, 0) is 0 Å². The van der Waals surface area contributed by atoms with Crippen LogP contribution in [-0.4, -0.2) is 18.2 Å². The van der Waals surface area contributed by atoms with E-state index in [9.17, 15) is 9.59 Å². The molecule has 0 unspecified atom stereocenters. The number of carbonyl (C=O) groups excluding carboxylic acids is 2. The van der Waals surface area contributed by atoms with Gasteiger partial charge in [0.1, 0.15) is 5.75 Å². The Bertz CT molecular complexity index is 820. The Morgan fingerprint density at radius 2 is 1.50 bits per heavy atom. The lowest BCUT2D eigenvalue weighted by atomic mass is 10.0. The van der Waals surface area contributed by atoms with E-state index in [0.29, 0.717) is 23.3 Å². The van der Waals surface area contributed by atoms with Gasteiger partial charge >= 0.3 is 0 Å². The number of ether oxygens (including phenoxy) is 1. The Morgan fingerprint density at radius 1 is 0.846 bits per heavy atom. The maximum Gasteiger partial charge on any atom is 0.194 e. The minimum Gasteiger partial charge on any atom is -0.494 e. The number of hydrogen-bond donors (Lipinski definition) is 0. The topological polar surface area (TPSA) is 43.4 Å². The summed E-state index contributed by atoms with van der Waals surface area (Å²) in [5.74, 6) is 0.688. The molecule has 0 aliphatic heterocycles. The first-order valence-electron chi connectivity index (χ1n) is 9.58. The second-order valence-electron chi connectivity index (χ2n) is 6.97. The molecule has 0 spiro atoms. The number of carbonyl (C=O) groups is 2. The Kier molecular flexibility index (Phi) is 5.87. The highest BCUT2D eigenvalue weighted by Crippen LogP contribution is 2.38. The Balaban J connectivity index is 1.64. The molecule has 0 saturated carbocycles. The van der Waals surface area contributed by atoms with Crippen molar-refractivity contribution in [2.45, 2.75) is 52.4 Å². The fourth-order valence-corrected chi connectivity index (χ4v) is 3.44. The molecule has 3 nitrogen and oxygen atoms in total. The van der Waals surface area contributed by atoms with Crippen molar-refractivity contribution >= 4 is 11.6 Å². The van der Waals surface area contributed by atoms with Gasteiger partial charge in [0, 0.05) is 16.7 Å². The normalized spacial score (nSPS) is 12.0. The molecule has 3 heteroatoms. The molecule has 26 heavy (non-hydrogen) atoms. The first kappa shape index (κ1) is 18.4. The van der Waals surface area contributed by atoms with E-state index >= 15 is 0 Å². The molecule has 136 valence electrons. The van der Waals surface area contributed by atoms with Crippen molar-refractivity contribution in [3.05, 3.63) is 53.1 Å². The molecular formula is C23H26O3. The first-order valence-corrected chi connectivity index (χ1v) is 9.58. The summed E-state index contributed by atoms with van der Waals surface area (Å²) in [5, 5.41) is 0. The second kappa shape index (κ2) is 8.31. The van der Waals surface area contributed by atoms with E-state index in [4.69, 9.17) is 4.74 Å². The molecule has 1 aliphatic carbocycles. The van der Waals surface area contributed by atoms with Gasteiger partial charge in [0.15, 0.2) is 11.6 Å². The van der Waals surface area contributed by atoms with Gasteiger partial charge in [-0.15, -0.1) is 0 Å². The Morgan fingerprint density at radius 3 is 2.23 bits per heavy atom. The molecule has 2 aromatic carbocycles. The molecular weight excluding hydrogens is 324 g/mol. The zero-order chi connectivity index (χ0) is 18.5. The van der Waals surface area contributed by atoms with E-state index in [2.05, 4.69) is 6.92 Å². The van der Waals surface area contributed by atoms with Gasteiger partial charge in [-0.3, -0.25) is 9.59 Å². The van der Waals surface area contributed by atoms with E-state index in [1.165, 1.54) is 39.0 Å². The summed E-state index contributed by atoms with van der Waals surface area (Å²) in [6, 6.07) is 11.1. The molecule has 0 N–H and O–H groups in total. The van der Waals surface area contributed by atoms with E-state index in [0.717, 1.165) is 23.3 Å². The van der Waals surface area contributed by atoms with Gasteiger partial charge in [0.05, 0.1) is 6.61 Å². The average Bonchev–Trinajstić information content (AvgIpc) is 2.92. The molecule has 3 rings (SSSR count). The summed E-state index contributed by atoms with van der Waals surface area (Å²) in [4.78, 5) is 24.3. The third-order valence-corrected chi connectivity index (χ3v) is 4.96. The summed E-state index contributed by atoms with van der Waals surface area (Å²) in [6.45, 7) is 4.42. The fraction of sp³-hybridized carbons (Fsp3) is 0.391. The molecule has 0 bridgehead atoms. The van der Waals surface area contributed by atoms with Crippen molar-refractivity contribution in [1.29, 1.82) is 0 Å². The van der Waals surface area contributed by atoms with Gasteiger partial charge in [0.2, 0.25) is 0 Å². The minimum absolute atomic E-state index is 0.0249. The summed E-state index contributed by atoms with van der Waals surface area (Å²) in [6.07, 6.45) is 7.34. The average molecular weight is 350 g/mol. The highest BCUT2D eigenvalue weighted by Gasteiger charge is 2.27. The van der Waals surface area contributed by atoms with Crippen LogP contribution < -0.4 is 4.74 Å². The third kappa shape index (κ3) is 3.87. The number of benzene rings is 2. The number of Topliss-reactive ketones (excluding diaryl/α,β-unsaturated/α-hetero) is 1. The van der Waals surface area contributed by atoms with Crippen LogP contribution >= 0.6 is 0 Å².